The Hall–Kier alpha value is -1.32. The molecule has 0 aromatic heterocycles. The monoisotopic (exact) mass is 254 g/mol. The van der Waals surface area contributed by atoms with Gasteiger partial charge in [0, 0.05) is 0 Å². The molecule has 0 fully saturated rings. The molecular weight excluding hydrogens is 232 g/mol. The Kier molecular flexibility index (Phi) is 5.38. The van der Waals surface area contributed by atoms with E-state index >= 15 is 0 Å². The molecule has 0 saturated carbocycles. The van der Waals surface area contributed by atoms with Crippen LogP contribution in [0, 0.1) is 0 Å². The summed E-state index contributed by atoms with van der Waals surface area (Å²) >= 11 is 0. The number of hydrogen-bond acceptors (Lipinski definition) is 4. The minimum Gasteiger partial charge on any atom is -0.483 e. The molecule has 0 saturated heterocycles. The minimum atomic E-state index is -0.553. The third-order valence-corrected chi connectivity index (χ3v) is 3.22. The van der Waals surface area contributed by atoms with E-state index in [4.69, 9.17) is 9.47 Å². The molecule has 0 aliphatic heterocycles. The molecule has 0 unspecified atom stereocenters. The van der Waals surface area contributed by atoms with Crippen LogP contribution >= 0.6 is 0 Å². The number of ether oxygens (including phenoxy) is 2. The van der Waals surface area contributed by atoms with Crippen molar-refractivity contribution in [2.45, 2.75) is 65.6 Å². The fourth-order valence-corrected chi connectivity index (χ4v) is 1.81. The molecule has 0 aliphatic carbocycles. The normalized spacial score (nSPS) is 11.4. The first-order valence-corrected chi connectivity index (χ1v) is 6.75. The van der Waals surface area contributed by atoms with Crippen molar-refractivity contribution in [3.05, 3.63) is 20.4 Å². The maximum absolute atomic E-state index is 11.5. The van der Waals surface area contributed by atoms with Gasteiger partial charge in [-0.15, -0.1) is 0 Å². The molecule has 18 heavy (non-hydrogen) atoms. The van der Waals surface area contributed by atoms with Gasteiger partial charge in [0.25, 0.3) is 10.9 Å². The molecule has 4 nitrogen and oxygen atoms in total. The zero-order chi connectivity index (χ0) is 13.7. The van der Waals surface area contributed by atoms with E-state index in [-0.39, 0.29) is 23.7 Å². The van der Waals surface area contributed by atoms with Gasteiger partial charge in [-0.3, -0.25) is 9.59 Å². The fourth-order valence-electron chi connectivity index (χ4n) is 1.81. The van der Waals surface area contributed by atoms with Gasteiger partial charge in [0.1, 0.15) is 0 Å². The van der Waals surface area contributed by atoms with Gasteiger partial charge in [-0.25, -0.2) is 0 Å². The topological polar surface area (TPSA) is 52.6 Å². The number of hydrogen-bond donors (Lipinski definition) is 0. The van der Waals surface area contributed by atoms with E-state index in [1.54, 1.807) is 0 Å². The summed E-state index contributed by atoms with van der Waals surface area (Å²) in [5.74, 6) is 0.251. The Morgan fingerprint density at radius 3 is 1.22 bits per heavy atom. The first-order chi connectivity index (χ1) is 8.58. The summed E-state index contributed by atoms with van der Waals surface area (Å²) in [6.45, 7) is 7.95. The highest BCUT2D eigenvalue weighted by Gasteiger charge is 2.27. The maximum Gasteiger partial charge on any atom is 0.275 e. The van der Waals surface area contributed by atoms with Crippen molar-refractivity contribution in [2.75, 3.05) is 0 Å². The average Bonchev–Trinajstić information content (AvgIpc) is 2.42. The van der Waals surface area contributed by atoms with E-state index in [0.717, 1.165) is 25.7 Å². The van der Waals surface area contributed by atoms with Gasteiger partial charge < -0.3 is 9.47 Å². The van der Waals surface area contributed by atoms with Crippen molar-refractivity contribution in [1.29, 1.82) is 0 Å². The second kappa shape index (κ2) is 6.57. The van der Waals surface area contributed by atoms with Crippen LogP contribution in [0.3, 0.4) is 0 Å². The van der Waals surface area contributed by atoms with Crippen molar-refractivity contribution in [3.8, 4) is 11.5 Å². The van der Waals surface area contributed by atoms with Crippen LogP contribution in [-0.4, -0.2) is 12.2 Å². The van der Waals surface area contributed by atoms with Crippen molar-refractivity contribution in [2.24, 2.45) is 0 Å². The first kappa shape index (κ1) is 14.7. The van der Waals surface area contributed by atoms with E-state index in [1.807, 2.05) is 27.7 Å². The van der Waals surface area contributed by atoms with E-state index in [9.17, 15) is 9.59 Å². The van der Waals surface area contributed by atoms with Crippen LogP contribution in [0.25, 0.3) is 0 Å². The molecule has 0 aliphatic rings. The Balaban J connectivity index is 2.84. The molecule has 0 heterocycles. The van der Waals surface area contributed by atoms with Gasteiger partial charge in [-0.05, 0) is 25.7 Å². The largest absolute Gasteiger partial charge is 0.483 e. The lowest BCUT2D eigenvalue weighted by Crippen LogP contribution is -2.37. The van der Waals surface area contributed by atoms with Crippen LogP contribution in [0.15, 0.2) is 9.59 Å². The Morgan fingerprint density at radius 1 is 0.722 bits per heavy atom. The van der Waals surface area contributed by atoms with E-state index in [0.29, 0.717) is 0 Å². The van der Waals surface area contributed by atoms with Crippen LogP contribution in [0.2, 0.25) is 0 Å². The summed E-state index contributed by atoms with van der Waals surface area (Å²) in [5, 5.41) is 0. The van der Waals surface area contributed by atoms with Crippen LogP contribution < -0.4 is 20.3 Å². The van der Waals surface area contributed by atoms with Gasteiger partial charge in [0.2, 0.25) is 11.5 Å². The lowest BCUT2D eigenvalue weighted by molar-refractivity contribution is 0.147. The van der Waals surface area contributed by atoms with Crippen LogP contribution in [-0.2, 0) is 0 Å². The molecule has 4 heteroatoms. The second-order valence-electron chi connectivity index (χ2n) is 4.43. The van der Waals surface area contributed by atoms with Gasteiger partial charge >= 0.3 is 0 Å². The molecule has 102 valence electrons. The third kappa shape index (κ3) is 2.92. The molecule has 0 amide bonds. The van der Waals surface area contributed by atoms with Crippen LogP contribution in [0.5, 0.6) is 11.5 Å². The second-order valence-corrected chi connectivity index (χ2v) is 4.43. The molecule has 0 radical (unpaired) electrons. The summed E-state index contributed by atoms with van der Waals surface area (Å²) < 4.78 is 11.1. The predicted molar refractivity (Wildman–Crippen MR) is 71.4 cm³/mol. The van der Waals surface area contributed by atoms with Gasteiger partial charge in [0.15, 0.2) is 0 Å². The summed E-state index contributed by atoms with van der Waals surface area (Å²) in [5.41, 5.74) is -1.11. The molecular formula is C14H22O4. The van der Waals surface area contributed by atoms with E-state index in [1.165, 1.54) is 0 Å². The van der Waals surface area contributed by atoms with Gasteiger partial charge in [-0.2, -0.15) is 0 Å². The van der Waals surface area contributed by atoms with Gasteiger partial charge in [-0.1, -0.05) is 27.7 Å². The zero-order valence-electron chi connectivity index (χ0n) is 11.6. The molecule has 0 atom stereocenters. The Bertz CT molecular complexity index is 393. The standard InChI is InChI=1S/C14H22O4/c1-5-9(6-2)17-13-11(15)12(16)14(13)18-10(7-3)8-4/h9-10H,5-8H2,1-4H3. The highest BCUT2D eigenvalue weighted by molar-refractivity contribution is 5.46. The highest BCUT2D eigenvalue weighted by Crippen LogP contribution is 2.25. The zero-order valence-corrected chi connectivity index (χ0v) is 11.6. The van der Waals surface area contributed by atoms with E-state index in [2.05, 4.69) is 0 Å². The first-order valence-electron chi connectivity index (χ1n) is 6.75. The predicted octanol–water partition coefficient (Wildman–Crippen LogP) is 2.42. The van der Waals surface area contributed by atoms with Gasteiger partial charge in [0.05, 0.1) is 12.2 Å². The molecule has 1 rings (SSSR count). The van der Waals surface area contributed by atoms with Crippen molar-refractivity contribution in [3.63, 3.8) is 0 Å². The number of rotatable bonds is 8. The molecule has 0 spiro atoms. The summed E-state index contributed by atoms with van der Waals surface area (Å²) in [6, 6.07) is 0. The lowest BCUT2D eigenvalue weighted by Gasteiger charge is -2.21. The van der Waals surface area contributed by atoms with Crippen LogP contribution in [0.4, 0.5) is 0 Å². The summed E-state index contributed by atoms with van der Waals surface area (Å²) in [6.07, 6.45) is 3.16. The van der Waals surface area contributed by atoms with Crippen molar-refractivity contribution >= 4 is 0 Å². The van der Waals surface area contributed by atoms with Crippen molar-refractivity contribution in [1.82, 2.24) is 0 Å². The van der Waals surface area contributed by atoms with Crippen molar-refractivity contribution < 1.29 is 9.47 Å². The summed E-state index contributed by atoms with van der Waals surface area (Å²) in [7, 11) is 0. The molecule has 0 N–H and O–H groups in total. The average molecular weight is 254 g/mol. The Morgan fingerprint density at radius 2 is 1.00 bits per heavy atom. The fraction of sp³-hybridized carbons (Fsp3) is 0.714. The summed E-state index contributed by atoms with van der Waals surface area (Å²) in [4.78, 5) is 23.0. The smallest absolute Gasteiger partial charge is 0.275 e. The van der Waals surface area contributed by atoms with E-state index < -0.39 is 10.9 Å². The minimum absolute atomic E-state index is 0.0302. The molecule has 1 aromatic carbocycles. The third-order valence-electron chi connectivity index (χ3n) is 3.22. The molecule has 0 bridgehead atoms. The van der Waals surface area contributed by atoms with Crippen LogP contribution in [0.1, 0.15) is 53.4 Å². The Labute approximate surface area is 108 Å². The highest BCUT2D eigenvalue weighted by atomic mass is 16.5. The maximum atomic E-state index is 11.5. The SMILES string of the molecule is CCC(CC)Oc1c(OC(CC)CC)c(=O)c1=O. The lowest BCUT2D eigenvalue weighted by atomic mass is 10.2. The molecule has 1 aromatic rings. The quantitative estimate of drug-likeness (QED) is 0.668.